The standard InChI is InChI=1S/C21H26N2O2/c1-23-14-6-5-8-18(23)15-17-7-3-4-9-20(17)22-21(24)16-10-12-19(25-2)13-11-16/h3-4,7,9-13,18H,5-6,8,14-15H2,1-2H3,(H,22,24). The summed E-state index contributed by atoms with van der Waals surface area (Å²) in [4.78, 5) is 15.0. The topological polar surface area (TPSA) is 41.6 Å². The molecule has 132 valence electrons. The molecule has 1 saturated heterocycles. The summed E-state index contributed by atoms with van der Waals surface area (Å²) in [5.74, 6) is 0.657. The highest BCUT2D eigenvalue weighted by Gasteiger charge is 2.20. The van der Waals surface area contributed by atoms with Gasteiger partial charge in [0.2, 0.25) is 0 Å². The lowest BCUT2D eigenvalue weighted by molar-refractivity contribution is 0.102. The molecule has 25 heavy (non-hydrogen) atoms. The van der Waals surface area contributed by atoms with E-state index in [9.17, 15) is 4.79 Å². The molecule has 0 saturated carbocycles. The van der Waals surface area contributed by atoms with Gasteiger partial charge in [0.1, 0.15) is 5.75 Å². The molecule has 0 bridgehead atoms. The summed E-state index contributed by atoms with van der Waals surface area (Å²) in [5, 5.41) is 3.07. The third-order valence-electron chi connectivity index (χ3n) is 4.99. The van der Waals surface area contributed by atoms with Crippen LogP contribution in [0.3, 0.4) is 0 Å². The highest BCUT2D eigenvalue weighted by molar-refractivity contribution is 6.04. The fourth-order valence-electron chi connectivity index (χ4n) is 3.41. The summed E-state index contributed by atoms with van der Waals surface area (Å²) in [6.45, 7) is 1.16. The maximum absolute atomic E-state index is 12.6. The lowest BCUT2D eigenvalue weighted by atomic mass is 9.95. The molecule has 2 aromatic rings. The molecule has 1 heterocycles. The number of rotatable bonds is 5. The third kappa shape index (κ3) is 4.40. The van der Waals surface area contributed by atoms with Crippen LogP contribution in [0.4, 0.5) is 5.69 Å². The first kappa shape index (κ1) is 17.5. The Hall–Kier alpha value is -2.33. The molecule has 4 heteroatoms. The number of anilines is 1. The van der Waals surface area contributed by atoms with Crippen molar-refractivity contribution in [2.45, 2.75) is 31.7 Å². The number of likely N-dealkylation sites (tertiary alicyclic amines) is 1. The van der Waals surface area contributed by atoms with E-state index in [2.05, 4.69) is 23.3 Å². The van der Waals surface area contributed by atoms with Crippen LogP contribution in [0.25, 0.3) is 0 Å². The molecule has 1 unspecified atom stereocenters. The number of hydrogen-bond donors (Lipinski definition) is 1. The number of para-hydroxylation sites is 1. The highest BCUT2D eigenvalue weighted by Crippen LogP contribution is 2.24. The second kappa shape index (κ2) is 8.17. The number of benzene rings is 2. The van der Waals surface area contributed by atoms with Crippen LogP contribution in [-0.4, -0.2) is 37.6 Å². The minimum Gasteiger partial charge on any atom is -0.497 e. The van der Waals surface area contributed by atoms with E-state index in [4.69, 9.17) is 4.74 Å². The number of likely N-dealkylation sites (N-methyl/N-ethyl adjacent to an activating group) is 1. The SMILES string of the molecule is COc1ccc(C(=O)Nc2ccccc2CC2CCCCN2C)cc1. The second-order valence-electron chi connectivity index (χ2n) is 6.67. The first-order valence-electron chi connectivity index (χ1n) is 8.91. The van der Waals surface area contributed by atoms with Crippen LogP contribution in [0.1, 0.15) is 35.2 Å². The van der Waals surface area contributed by atoms with Gasteiger partial charge in [-0.15, -0.1) is 0 Å². The zero-order valence-electron chi connectivity index (χ0n) is 15.0. The van der Waals surface area contributed by atoms with E-state index in [1.165, 1.54) is 24.8 Å². The summed E-state index contributed by atoms with van der Waals surface area (Å²) < 4.78 is 5.14. The van der Waals surface area contributed by atoms with Gasteiger partial charge in [0.05, 0.1) is 7.11 Å². The van der Waals surface area contributed by atoms with Gasteiger partial charge in [-0.25, -0.2) is 0 Å². The molecule has 0 radical (unpaired) electrons. The number of nitrogens with one attached hydrogen (secondary N) is 1. The van der Waals surface area contributed by atoms with Crippen molar-refractivity contribution in [3.05, 3.63) is 59.7 Å². The van der Waals surface area contributed by atoms with Gasteiger partial charge in [0.15, 0.2) is 0 Å². The largest absolute Gasteiger partial charge is 0.497 e. The van der Waals surface area contributed by atoms with Crippen LogP contribution in [-0.2, 0) is 6.42 Å². The predicted molar refractivity (Wildman–Crippen MR) is 101 cm³/mol. The number of methoxy groups -OCH3 is 1. The Morgan fingerprint density at radius 2 is 1.92 bits per heavy atom. The van der Waals surface area contributed by atoms with Crippen LogP contribution >= 0.6 is 0 Å². The first-order chi connectivity index (χ1) is 12.2. The fourth-order valence-corrected chi connectivity index (χ4v) is 3.41. The van der Waals surface area contributed by atoms with Gasteiger partial charge in [-0.05, 0) is 68.8 Å². The van der Waals surface area contributed by atoms with Crippen LogP contribution in [0.2, 0.25) is 0 Å². The van der Waals surface area contributed by atoms with Gasteiger partial charge in [-0.3, -0.25) is 4.79 Å². The van der Waals surface area contributed by atoms with E-state index in [0.717, 1.165) is 24.4 Å². The van der Waals surface area contributed by atoms with Crippen LogP contribution in [0, 0.1) is 0 Å². The van der Waals surface area contributed by atoms with Crippen molar-refractivity contribution in [2.24, 2.45) is 0 Å². The van der Waals surface area contributed by atoms with Gasteiger partial charge in [-0.2, -0.15) is 0 Å². The van der Waals surface area contributed by atoms with Crippen LogP contribution in [0.5, 0.6) is 5.75 Å². The van der Waals surface area contributed by atoms with Crippen LogP contribution < -0.4 is 10.1 Å². The molecule has 1 aliphatic rings. The Kier molecular flexibility index (Phi) is 5.71. The number of carbonyl (C=O) groups excluding carboxylic acids is 1. The molecule has 1 fully saturated rings. The molecule has 4 nitrogen and oxygen atoms in total. The number of amides is 1. The molecular formula is C21H26N2O2. The van der Waals surface area contributed by atoms with E-state index in [0.29, 0.717) is 11.6 Å². The van der Waals surface area contributed by atoms with Crippen molar-refractivity contribution in [3.63, 3.8) is 0 Å². The van der Waals surface area contributed by atoms with E-state index >= 15 is 0 Å². The summed E-state index contributed by atoms with van der Waals surface area (Å²) in [7, 11) is 3.82. The monoisotopic (exact) mass is 338 g/mol. The van der Waals surface area contributed by atoms with Gasteiger partial charge in [-0.1, -0.05) is 24.6 Å². The minimum atomic E-state index is -0.0906. The molecule has 1 aliphatic heterocycles. The lowest BCUT2D eigenvalue weighted by Gasteiger charge is -2.33. The lowest BCUT2D eigenvalue weighted by Crippen LogP contribution is -2.37. The van der Waals surface area contributed by atoms with Gasteiger partial charge < -0.3 is 15.0 Å². The smallest absolute Gasteiger partial charge is 0.255 e. The zero-order valence-corrected chi connectivity index (χ0v) is 15.0. The Morgan fingerprint density at radius 1 is 1.16 bits per heavy atom. The third-order valence-corrected chi connectivity index (χ3v) is 4.99. The Morgan fingerprint density at radius 3 is 2.64 bits per heavy atom. The number of carbonyl (C=O) groups is 1. The quantitative estimate of drug-likeness (QED) is 0.897. The molecule has 2 aromatic carbocycles. The molecular weight excluding hydrogens is 312 g/mol. The first-order valence-corrected chi connectivity index (χ1v) is 8.91. The summed E-state index contributed by atoms with van der Waals surface area (Å²) >= 11 is 0. The maximum Gasteiger partial charge on any atom is 0.255 e. The van der Waals surface area contributed by atoms with Crippen molar-refractivity contribution in [1.29, 1.82) is 0 Å². The van der Waals surface area contributed by atoms with Crippen molar-refractivity contribution in [1.82, 2.24) is 4.90 Å². The van der Waals surface area contributed by atoms with Crippen molar-refractivity contribution < 1.29 is 9.53 Å². The second-order valence-corrected chi connectivity index (χ2v) is 6.67. The van der Waals surface area contributed by atoms with E-state index in [1.807, 2.05) is 18.2 Å². The zero-order chi connectivity index (χ0) is 17.6. The highest BCUT2D eigenvalue weighted by atomic mass is 16.5. The summed E-state index contributed by atoms with van der Waals surface area (Å²) in [6.07, 6.45) is 4.76. The molecule has 0 aliphatic carbocycles. The molecule has 0 spiro atoms. The Balaban J connectivity index is 1.72. The number of nitrogens with zero attached hydrogens (tertiary/aromatic N) is 1. The number of ether oxygens (including phenoxy) is 1. The molecule has 3 rings (SSSR count). The molecule has 1 amide bonds. The molecule has 1 atom stereocenters. The van der Waals surface area contributed by atoms with Gasteiger partial charge in [0.25, 0.3) is 5.91 Å². The van der Waals surface area contributed by atoms with Crippen molar-refractivity contribution in [2.75, 3.05) is 26.0 Å². The Bertz CT molecular complexity index is 712. The van der Waals surface area contributed by atoms with Gasteiger partial charge in [0, 0.05) is 17.3 Å². The van der Waals surface area contributed by atoms with E-state index < -0.39 is 0 Å². The minimum absolute atomic E-state index is 0.0906. The van der Waals surface area contributed by atoms with Crippen molar-refractivity contribution in [3.8, 4) is 5.75 Å². The maximum atomic E-state index is 12.6. The average molecular weight is 338 g/mol. The number of hydrogen-bond acceptors (Lipinski definition) is 3. The molecule has 0 aromatic heterocycles. The predicted octanol–water partition coefficient (Wildman–Crippen LogP) is 3.97. The van der Waals surface area contributed by atoms with Crippen molar-refractivity contribution >= 4 is 11.6 Å². The van der Waals surface area contributed by atoms with E-state index in [1.54, 1.807) is 31.4 Å². The molecule has 1 N–H and O–H groups in total. The van der Waals surface area contributed by atoms with Gasteiger partial charge >= 0.3 is 0 Å². The summed E-state index contributed by atoms with van der Waals surface area (Å²) in [6, 6.07) is 15.8. The summed E-state index contributed by atoms with van der Waals surface area (Å²) in [5.41, 5.74) is 2.73. The van der Waals surface area contributed by atoms with Crippen LogP contribution in [0.15, 0.2) is 48.5 Å². The average Bonchev–Trinajstić information content (AvgIpc) is 2.65. The normalized spacial score (nSPS) is 17.9. The van der Waals surface area contributed by atoms with E-state index in [-0.39, 0.29) is 5.91 Å². The fraction of sp³-hybridized carbons (Fsp3) is 0.381. The number of piperidine rings is 1. The Labute approximate surface area is 149 Å².